The zero-order valence-electron chi connectivity index (χ0n) is 17.0. The number of nitrogens with zero attached hydrogens (tertiary/aromatic N) is 3. The van der Waals surface area contributed by atoms with Crippen LogP contribution < -0.4 is 15.4 Å². The van der Waals surface area contributed by atoms with E-state index in [0.29, 0.717) is 12.3 Å². The fraction of sp³-hybridized carbons (Fsp3) is 0.450. The number of guanidine groups is 1. The van der Waals surface area contributed by atoms with Gasteiger partial charge in [0.2, 0.25) is 0 Å². The van der Waals surface area contributed by atoms with E-state index in [4.69, 9.17) is 4.74 Å². The van der Waals surface area contributed by atoms with Gasteiger partial charge in [-0.25, -0.2) is 4.98 Å². The minimum atomic E-state index is -0.0700. The summed E-state index contributed by atoms with van der Waals surface area (Å²) in [5.41, 5.74) is 1.05. The summed E-state index contributed by atoms with van der Waals surface area (Å²) < 4.78 is 5.56. The van der Waals surface area contributed by atoms with Crippen LogP contribution in [0.25, 0.3) is 0 Å². The average Bonchev–Trinajstić information content (AvgIpc) is 3.17. The van der Waals surface area contributed by atoms with Crippen molar-refractivity contribution in [3.05, 3.63) is 45.9 Å². The Balaban J connectivity index is 1.77. The maximum atomic E-state index is 11.6. The number of hydrogen-bond acceptors (Lipinski definition) is 5. The Bertz CT molecular complexity index is 788. The lowest BCUT2D eigenvalue weighted by Gasteiger charge is -2.13. The van der Waals surface area contributed by atoms with Gasteiger partial charge in [0.15, 0.2) is 12.6 Å². The van der Waals surface area contributed by atoms with E-state index in [-0.39, 0.29) is 12.5 Å². The number of amides is 1. The Morgan fingerprint density at radius 3 is 2.82 bits per heavy atom. The lowest BCUT2D eigenvalue weighted by Crippen LogP contribution is -2.37. The molecular formula is C20H29N5O2S. The molecule has 1 amide bonds. The van der Waals surface area contributed by atoms with Crippen molar-refractivity contribution in [2.75, 3.05) is 34.3 Å². The summed E-state index contributed by atoms with van der Waals surface area (Å²) in [6.07, 6.45) is 3.85. The molecule has 152 valence electrons. The lowest BCUT2D eigenvalue weighted by atomic mass is 10.2. The molecule has 0 aliphatic rings. The van der Waals surface area contributed by atoms with Gasteiger partial charge in [-0.1, -0.05) is 19.1 Å². The Kier molecular flexibility index (Phi) is 8.74. The van der Waals surface area contributed by atoms with E-state index < -0.39 is 0 Å². The molecular weight excluding hydrogens is 374 g/mol. The van der Waals surface area contributed by atoms with E-state index in [1.165, 1.54) is 9.78 Å². The van der Waals surface area contributed by atoms with E-state index in [9.17, 15) is 4.79 Å². The number of rotatable bonds is 9. The third-order valence-corrected chi connectivity index (χ3v) is 5.23. The van der Waals surface area contributed by atoms with Gasteiger partial charge < -0.3 is 20.3 Å². The highest BCUT2D eigenvalue weighted by molar-refractivity contribution is 7.11. The first-order chi connectivity index (χ1) is 13.5. The minimum Gasteiger partial charge on any atom is -0.484 e. The molecule has 2 rings (SSSR count). The lowest BCUT2D eigenvalue weighted by molar-refractivity contribution is -0.130. The molecule has 28 heavy (non-hydrogen) atoms. The Morgan fingerprint density at radius 1 is 1.32 bits per heavy atom. The van der Waals surface area contributed by atoms with Gasteiger partial charge in [-0.15, -0.1) is 11.3 Å². The molecule has 2 N–H and O–H groups in total. The molecule has 0 atom stereocenters. The minimum absolute atomic E-state index is 0.0314. The third-order valence-electron chi connectivity index (χ3n) is 4.02. The Labute approximate surface area is 170 Å². The summed E-state index contributed by atoms with van der Waals surface area (Å²) in [5.74, 6) is 1.34. The summed E-state index contributed by atoms with van der Waals surface area (Å²) in [7, 11) is 5.17. The summed E-state index contributed by atoms with van der Waals surface area (Å²) in [4.78, 5) is 23.1. The van der Waals surface area contributed by atoms with Crippen molar-refractivity contribution in [2.45, 2.75) is 26.3 Å². The first kappa shape index (κ1) is 21.7. The summed E-state index contributed by atoms with van der Waals surface area (Å²) in [6.45, 7) is 3.55. The first-order valence-corrected chi connectivity index (χ1v) is 10.1. The second kappa shape index (κ2) is 11.3. The van der Waals surface area contributed by atoms with Crippen LogP contribution in [0, 0.1) is 0 Å². The fourth-order valence-electron chi connectivity index (χ4n) is 2.34. The quantitative estimate of drug-likeness (QED) is 0.495. The molecule has 0 aliphatic carbocycles. The number of carbonyl (C=O) groups excluding carboxylic acids is 1. The van der Waals surface area contributed by atoms with Crippen LogP contribution in [0.15, 0.2) is 35.5 Å². The number of nitrogens with one attached hydrogen (secondary N) is 2. The predicted molar refractivity (Wildman–Crippen MR) is 114 cm³/mol. The highest BCUT2D eigenvalue weighted by Gasteiger charge is 2.06. The van der Waals surface area contributed by atoms with Crippen LogP contribution in [0.4, 0.5) is 0 Å². The maximum absolute atomic E-state index is 11.6. The number of aliphatic imine (C=N–C) groups is 1. The van der Waals surface area contributed by atoms with Gasteiger partial charge in [-0.3, -0.25) is 9.79 Å². The van der Waals surface area contributed by atoms with Crippen molar-refractivity contribution < 1.29 is 9.53 Å². The number of ether oxygens (including phenoxy) is 1. The van der Waals surface area contributed by atoms with Gasteiger partial charge in [0.05, 0.1) is 5.01 Å². The number of aryl methyl sites for hydroxylation is 1. The molecule has 7 nitrogen and oxygen atoms in total. The number of carbonyl (C=O) groups is 1. The van der Waals surface area contributed by atoms with Gasteiger partial charge in [0, 0.05) is 51.7 Å². The maximum Gasteiger partial charge on any atom is 0.259 e. The highest BCUT2D eigenvalue weighted by Crippen LogP contribution is 2.14. The molecule has 0 fully saturated rings. The van der Waals surface area contributed by atoms with Crippen molar-refractivity contribution in [3.63, 3.8) is 0 Å². The number of benzene rings is 1. The first-order valence-electron chi connectivity index (χ1n) is 9.31. The molecule has 2 aromatic rings. The fourth-order valence-corrected chi connectivity index (χ4v) is 3.20. The molecule has 8 heteroatoms. The molecule has 1 aromatic carbocycles. The Hall–Kier alpha value is -2.61. The smallest absolute Gasteiger partial charge is 0.259 e. The van der Waals surface area contributed by atoms with Gasteiger partial charge in [0.25, 0.3) is 5.91 Å². The molecule has 0 bridgehead atoms. The number of thiazole rings is 1. The zero-order chi connectivity index (χ0) is 20.4. The molecule has 0 unspecified atom stereocenters. The third kappa shape index (κ3) is 7.19. The van der Waals surface area contributed by atoms with Crippen LogP contribution in [-0.4, -0.2) is 56.0 Å². The normalized spacial score (nSPS) is 11.2. The van der Waals surface area contributed by atoms with Crippen molar-refractivity contribution in [3.8, 4) is 5.75 Å². The second-order valence-electron chi connectivity index (χ2n) is 6.40. The van der Waals surface area contributed by atoms with E-state index >= 15 is 0 Å². The zero-order valence-corrected chi connectivity index (χ0v) is 17.8. The summed E-state index contributed by atoms with van der Waals surface area (Å²) >= 11 is 1.76. The molecule has 1 heterocycles. The van der Waals surface area contributed by atoms with E-state index in [1.54, 1.807) is 32.5 Å². The van der Waals surface area contributed by atoms with Gasteiger partial charge >= 0.3 is 0 Å². The average molecular weight is 404 g/mol. The van der Waals surface area contributed by atoms with Crippen LogP contribution in [0.3, 0.4) is 0 Å². The van der Waals surface area contributed by atoms with Crippen LogP contribution in [-0.2, 0) is 24.2 Å². The summed E-state index contributed by atoms with van der Waals surface area (Å²) in [6, 6.07) is 7.68. The Morgan fingerprint density at radius 2 is 2.14 bits per heavy atom. The molecule has 0 spiro atoms. The van der Waals surface area contributed by atoms with Crippen molar-refractivity contribution in [1.29, 1.82) is 0 Å². The van der Waals surface area contributed by atoms with Crippen molar-refractivity contribution in [2.24, 2.45) is 4.99 Å². The van der Waals surface area contributed by atoms with Crippen LogP contribution >= 0.6 is 11.3 Å². The number of hydrogen-bond donors (Lipinski definition) is 2. The SMILES string of the molecule is CCc1cnc(CCNC(=NC)NCc2cccc(OCC(=O)N(C)C)c2)s1. The van der Waals surface area contributed by atoms with E-state index in [2.05, 4.69) is 27.5 Å². The van der Waals surface area contributed by atoms with Crippen LogP contribution in [0.1, 0.15) is 22.4 Å². The van der Waals surface area contributed by atoms with Crippen molar-refractivity contribution >= 4 is 23.2 Å². The molecule has 0 saturated heterocycles. The largest absolute Gasteiger partial charge is 0.484 e. The van der Waals surface area contributed by atoms with Gasteiger partial charge in [-0.2, -0.15) is 0 Å². The van der Waals surface area contributed by atoms with Crippen molar-refractivity contribution in [1.82, 2.24) is 20.5 Å². The second-order valence-corrected chi connectivity index (χ2v) is 7.60. The van der Waals surface area contributed by atoms with E-state index in [1.807, 2.05) is 30.5 Å². The van der Waals surface area contributed by atoms with Gasteiger partial charge in [0.1, 0.15) is 5.75 Å². The number of likely N-dealkylation sites (N-methyl/N-ethyl adjacent to an activating group) is 1. The highest BCUT2D eigenvalue weighted by atomic mass is 32.1. The predicted octanol–water partition coefficient (Wildman–Crippen LogP) is 2.08. The van der Waals surface area contributed by atoms with Crippen LogP contribution in [0.2, 0.25) is 0 Å². The van der Waals surface area contributed by atoms with Crippen LogP contribution in [0.5, 0.6) is 5.75 Å². The molecule has 0 radical (unpaired) electrons. The molecule has 0 saturated carbocycles. The molecule has 0 aliphatic heterocycles. The summed E-state index contributed by atoms with van der Waals surface area (Å²) in [5, 5.41) is 7.73. The van der Waals surface area contributed by atoms with E-state index in [0.717, 1.165) is 35.9 Å². The topological polar surface area (TPSA) is 78.9 Å². The monoisotopic (exact) mass is 403 g/mol. The van der Waals surface area contributed by atoms with Gasteiger partial charge in [-0.05, 0) is 24.1 Å². The molecule has 1 aromatic heterocycles. The number of aromatic nitrogens is 1. The standard InChI is InChI=1S/C20H29N5O2S/c1-5-17-13-23-18(28-17)9-10-22-20(21-2)24-12-15-7-6-8-16(11-15)27-14-19(26)25(3)4/h6-8,11,13H,5,9-10,12,14H2,1-4H3,(H2,21,22,24).